The zero-order chi connectivity index (χ0) is 21.1. The number of methoxy groups -OCH3 is 1. The second kappa shape index (κ2) is 8.52. The van der Waals surface area contributed by atoms with Crippen molar-refractivity contribution < 1.29 is 4.74 Å². The van der Waals surface area contributed by atoms with Crippen LogP contribution < -0.4 is 4.74 Å². The first-order valence-electron chi connectivity index (χ1n) is 10.3. The van der Waals surface area contributed by atoms with Gasteiger partial charge in [0.05, 0.1) is 28.8 Å². The van der Waals surface area contributed by atoms with E-state index in [1.807, 2.05) is 24.3 Å². The van der Waals surface area contributed by atoms with E-state index in [0.29, 0.717) is 5.88 Å². The van der Waals surface area contributed by atoms with Crippen LogP contribution in [0.4, 0.5) is 0 Å². The minimum atomic E-state index is 0.0927. The number of hydrogen-bond donors (Lipinski definition) is 0. The lowest BCUT2D eigenvalue weighted by atomic mass is 9.84. The fourth-order valence-electron chi connectivity index (χ4n) is 3.73. The van der Waals surface area contributed by atoms with Crippen LogP contribution in [0.3, 0.4) is 0 Å². The van der Waals surface area contributed by atoms with Gasteiger partial charge in [0, 0.05) is 16.4 Å². The van der Waals surface area contributed by atoms with Crippen molar-refractivity contribution in [2.75, 3.05) is 7.11 Å². The van der Waals surface area contributed by atoms with Crippen LogP contribution in [0.1, 0.15) is 43.0 Å². The van der Waals surface area contributed by atoms with E-state index in [2.05, 4.69) is 55.4 Å². The number of aromatic nitrogens is 3. The van der Waals surface area contributed by atoms with E-state index in [4.69, 9.17) is 14.7 Å². The van der Waals surface area contributed by atoms with E-state index in [-0.39, 0.29) is 5.41 Å². The van der Waals surface area contributed by atoms with Crippen LogP contribution in [-0.4, -0.2) is 22.1 Å². The number of benzene rings is 2. The lowest BCUT2D eigenvalue weighted by Crippen LogP contribution is -2.17. The molecule has 0 fully saturated rings. The van der Waals surface area contributed by atoms with Crippen molar-refractivity contribution in [1.29, 1.82) is 0 Å². The van der Waals surface area contributed by atoms with Crippen molar-refractivity contribution in [1.82, 2.24) is 15.0 Å². The Balaban J connectivity index is 1.52. The van der Waals surface area contributed by atoms with Crippen LogP contribution in [0.15, 0.2) is 53.9 Å². The Bertz CT molecular complexity index is 1170. The summed E-state index contributed by atoms with van der Waals surface area (Å²) in [7, 11) is 1.65. The second-order valence-electron chi connectivity index (χ2n) is 8.26. The first-order valence-corrected chi connectivity index (χ1v) is 11.2. The highest BCUT2D eigenvalue weighted by molar-refractivity contribution is 7.09. The van der Waals surface area contributed by atoms with E-state index in [0.717, 1.165) is 46.6 Å². The van der Waals surface area contributed by atoms with Gasteiger partial charge in [-0.05, 0) is 49.9 Å². The predicted molar refractivity (Wildman–Crippen MR) is 124 cm³/mol. The summed E-state index contributed by atoms with van der Waals surface area (Å²) in [5.74, 6) is 0.561. The molecule has 5 heteroatoms. The molecule has 0 saturated heterocycles. The van der Waals surface area contributed by atoms with Gasteiger partial charge in [-0.1, -0.05) is 44.2 Å². The molecule has 0 aliphatic carbocycles. The topological polar surface area (TPSA) is 47.9 Å². The molecule has 4 rings (SSSR count). The monoisotopic (exact) mass is 417 g/mol. The molecule has 0 saturated carbocycles. The third-order valence-corrected chi connectivity index (χ3v) is 6.29. The van der Waals surface area contributed by atoms with Crippen LogP contribution in [0.2, 0.25) is 0 Å². The number of ether oxygens (including phenoxy) is 1. The molecular weight excluding hydrogens is 390 g/mol. The van der Waals surface area contributed by atoms with Crippen molar-refractivity contribution in [3.05, 3.63) is 70.2 Å². The summed E-state index contributed by atoms with van der Waals surface area (Å²) in [5, 5.41) is 3.33. The van der Waals surface area contributed by atoms with E-state index in [1.165, 1.54) is 11.3 Å². The number of hydrogen-bond acceptors (Lipinski definition) is 5. The largest absolute Gasteiger partial charge is 0.479 e. The molecule has 0 aliphatic heterocycles. The number of para-hydroxylation sites is 2. The van der Waals surface area contributed by atoms with Crippen LogP contribution in [0.5, 0.6) is 5.88 Å². The Morgan fingerprint density at radius 2 is 1.73 bits per heavy atom. The van der Waals surface area contributed by atoms with Crippen molar-refractivity contribution in [2.24, 2.45) is 0 Å². The normalized spacial score (nSPS) is 11.7. The van der Waals surface area contributed by atoms with Crippen LogP contribution in [0.25, 0.3) is 22.3 Å². The number of aryl methyl sites for hydroxylation is 2. The van der Waals surface area contributed by atoms with Gasteiger partial charge in [-0.2, -0.15) is 0 Å². The molecule has 0 spiro atoms. The molecular formula is C25H27N3OS. The van der Waals surface area contributed by atoms with Crippen molar-refractivity contribution in [3.8, 4) is 17.1 Å². The minimum Gasteiger partial charge on any atom is -0.479 e. The van der Waals surface area contributed by atoms with Gasteiger partial charge in [0.2, 0.25) is 5.88 Å². The highest BCUT2D eigenvalue weighted by Gasteiger charge is 2.23. The molecule has 0 N–H and O–H groups in total. The number of nitrogens with zero attached hydrogens (tertiary/aromatic N) is 3. The summed E-state index contributed by atoms with van der Waals surface area (Å²) >= 11 is 1.73. The Hall–Kier alpha value is -2.79. The van der Waals surface area contributed by atoms with Crippen LogP contribution >= 0.6 is 11.3 Å². The molecule has 154 valence electrons. The average Bonchev–Trinajstić information content (AvgIpc) is 3.20. The summed E-state index contributed by atoms with van der Waals surface area (Å²) in [5.41, 5.74) is 6.14. The fourth-order valence-corrected chi connectivity index (χ4v) is 4.53. The van der Waals surface area contributed by atoms with Gasteiger partial charge in [-0.3, -0.25) is 0 Å². The van der Waals surface area contributed by atoms with Gasteiger partial charge in [0.25, 0.3) is 0 Å². The molecule has 2 aromatic heterocycles. The van der Waals surface area contributed by atoms with Crippen molar-refractivity contribution in [2.45, 2.75) is 45.4 Å². The van der Waals surface area contributed by atoms with E-state index >= 15 is 0 Å². The van der Waals surface area contributed by atoms with E-state index < -0.39 is 0 Å². The highest BCUT2D eigenvalue weighted by Crippen LogP contribution is 2.32. The SMILES string of the molecule is COc1nc2ccccc2nc1-c1cccc(CCCC(C)(C)c2csc(C)n2)c1. The molecule has 0 amide bonds. The third kappa shape index (κ3) is 4.36. The number of rotatable bonds is 7. The maximum atomic E-state index is 5.54. The first kappa shape index (κ1) is 20.5. The minimum absolute atomic E-state index is 0.0927. The van der Waals surface area contributed by atoms with Crippen molar-refractivity contribution >= 4 is 22.4 Å². The molecule has 2 aromatic carbocycles. The van der Waals surface area contributed by atoms with Gasteiger partial charge in [-0.25, -0.2) is 15.0 Å². The molecule has 0 atom stereocenters. The van der Waals surface area contributed by atoms with E-state index in [9.17, 15) is 0 Å². The summed E-state index contributed by atoms with van der Waals surface area (Å²) in [4.78, 5) is 14.2. The lowest BCUT2D eigenvalue weighted by Gasteiger charge is -2.22. The molecule has 4 nitrogen and oxygen atoms in total. The summed E-state index contributed by atoms with van der Waals surface area (Å²) in [6, 6.07) is 16.4. The van der Waals surface area contributed by atoms with Crippen LogP contribution in [0, 0.1) is 6.92 Å². The quantitative estimate of drug-likeness (QED) is 0.350. The maximum Gasteiger partial charge on any atom is 0.240 e. The molecule has 30 heavy (non-hydrogen) atoms. The van der Waals surface area contributed by atoms with E-state index in [1.54, 1.807) is 18.4 Å². The molecule has 2 heterocycles. The Morgan fingerprint density at radius 3 is 2.43 bits per heavy atom. The van der Waals surface area contributed by atoms with Gasteiger partial charge in [-0.15, -0.1) is 11.3 Å². The smallest absolute Gasteiger partial charge is 0.240 e. The number of thiazole rings is 1. The summed E-state index contributed by atoms with van der Waals surface area (Å²) in [6.07, 6.45) is 3.22. The zero-order valence-electron chi connectivity index (χ0n) is 18.0. The molecule has 0 bridgehead atoms. The molecule has 4 aromatic rings. The molecule has 0 unspecified atom stereocenters. The first-order chi connectivity index (χ1) is 14.5. The van der Waals surface area contributed by atoms with Gasteiger partial charge in [0.15, 0.2) is 0 Å². The highest BCUT2D eigenvalue weighted by atomic mass is 32.1. The van der Waals surface area contributed by atoms with Gasteiger partial charge in [0.1, 0.15) is 5.69 Å². The van der Waals surface area contributed by atoms with Gasteiger partial charge < -0.3 is 4.74 Å². The Labute approximate surface area is 182 Å². The van der Waals surface area contributed by atoms with Crippen molar-refractivity contribution in [3.63, 3.8) is 0 Å². The standard InChI is InChI=1S/C25H27N3OS/c1-17-26-22(16-30-17)25(2,3)14-8-10-18-9-7-11-19(15-18)23-24(29-4)28-21-13-6-5-12-20(21)27-23/h5-7,9,11-13,15-16H,8,10,14H2,1-4H3. The van der Waals surface area contributed by atoms with Crippen LogP contribution in [-0.2, 0) is 11.8 Å². The molecule has 0 aliphatic rings. The lowest BCUT2D eigenvalue weighted by molar-refractivity contribution is 0.400. The zero-order valence-corrected chi connectivity index (χ0v) is 18.8. The third-order valence-electron chi connectivity index (χ3n) is 5.51. The maximum absolute atomic E-state index is 5.54. The predicted octanol–water partition coefficient (Wildman–Crippen LogP) is 6.37. The summed E-state index contributed by atoms with van der Waals surface area (Å²) < 4.78 is 5.54. The Morgan fingerprint density at radius 1 is 0.967 bits per heavy atom. The second-order valence-corrected chi connectivity index (χ2v) is 9.32. The van der Waals surface area contributed by atoms with Gasteiger partial charge >= 0.3 is 0 Å². The Kier molecular flexibility index (Phi) is 5.82. The summed E-state index contributed by atoms with van der Waals surface area (Å²) in [6.45, 7) is 6.64. The number of fused-ring (bicyclic) bond motifs is 1. The average molecular weight is 418 g/mol. The fraction of sp³-hybridized carbons (Fsp3) is 0.320. The molecule has 0 radical (unpaired) electrons.